The fourth-order valence-electron chi connectivity index (χ4n) is 2.41. The summed E-state index contributed by atoms with van der Waals surface area (Å²) in [5.74, 6) is 0.755. The molecule has 2 N–H and O–H groups in total. The smallest absolute Gasteiger partial charge is 0.191 e. The quantitative estimate of drug-likeness (QED) is 0.372. The van der Waals surface area contributed by atoms with Gasteiger partial charge in [0.25, 0.3) is 0 Å². The molecule has 0 aliphatic rings. The molecule has 0 saturated carbocycles. The molecule has 0 aromatic carbocycles. The Balaban J connectivity index is 4.19. The zero-order valence-electron chi connectivity index (χ0n) is 16.8. The molecule has 0 rings (SSSR count). The van der Waals surface area contributed by atoms with E-state index in [-0.39, 0.29) is 5.75 Å². The number of guanidine groups is 1. The van der Waals surface area contributed by atoms with Crippen LogP contribution in [0.25, 0.3) is 0 Å². The van der Waals surface area contributed by atoms with Crippen molar-refractivity contribution in [1.82, 2.24) is 15.5 Å². The van der Waals surface area contributed by atoms with Crippen molar-refractivity contribution in [2.24, 2.45) is 4.99 Å². The second-order valence-electron chi connectivity index (χ2n) is 7.64. The Labute approximate surface area is 149 Å². The van der Waals surface area contributed by atoms with Crippen LogP contribution in [0.3, 0.4) is 0 Å². The van der Waals surface area contributed by atoms with E-state index in [1.807, 2.05) is 0 Å². The summed E-state index contributed by atoms with van der Waals surface area (Å²) in [7, 11) is -1.41. The van der Waals surface area contributed by atoms with Crippen LogP contribution in [-0.2, 0) is 9.84 Å². The van der Waals surface area contributed by atoms with E-state index in [2.05, 4.69) is 48.2 Å². The summed E-state index contributed by atoms with van der Waals surface area (Å²) in [6, 6.07) is 1.06. The van der Waals surface area contributed by atoms with E-state index >= 15 is 0 Å². The van der Waals surface area contributed by atoms with Gasteiger partial charge < -0.3 is 10.6 Å². The minimum Gasteiger partial charge on any atom is -0.356 e. The maximum Gasteiger partial charge on any atom is 0.191 e. The highest BCUT2D eigenvalue weighted by molar-refractivity contribution is 7.92. The summed E-state index contributed by atoms with van der Waals surface area (Å²) >= 11 is 0. The van der Waals surface area contributed by atoms with Crippen molar-refractivity contribution in [3.63, 3.8) is 0 Å². The van der Waals surface area contributed by atoms with Gasteiger partial charge in [-0.25, -0.2) is 8.42 Å². The van der Waals surface area contributed by atoms with E-state index in [9.17, 15) is 8.42 Å². The lowest BCUT2D eigenvalue weighted by Crippen LogP contribution is -2.43. The molecule has 0 saturated heterocycles. The van der Waals surface area contributed by atoms with E-state index < -0.39 is 14.6 Å². The lowest BCUT2D eigenvalue weighted by Gasteiger charge is -2.30. The Morgan fingerprint density at radius 3 is 1.96 bits per heavy atom. The lowest BCUT2D eigenvalue weighted by atomic mass is 10.2. The molecular formula is C17H38N4O2S. The Bertz CT molecular complexity index is 471. The third-order valence-electron chi connectivity index (χ3n) is 4.03. The van der Waals surface area contributed by atoms with E-state index in [1.54, 1.807) is 27.8 Å². The molecule has 0 unspecified atom stereocenters. The molecular weight excluding hydrogens is 324 g/mol. The third kappa shape index (κ3) is 8.33. The lowest BCUT2D eigenvalue weighted by molar-refractivity contribution is 0.173. The summed E-state index contributed by atoms with van der Waals surface area (Å²) in [6.45, 7) is 16.2. The monoisotopic (exact) mass is 362 g/mol. The van der Waals surface area contributed by atoms with Gasteiger partial charge in [-0.1, -0.05) is 0 Å². The van der Waals surface area contributed by atoms with Crippen molar-refractivity contribution in [1.29, 1.82) is 0 Å². The molecule has 0 fully saturated rings. The maximum atomic E-state index is 12.1. The first-order valence-electron chi connectivity index (χ1n) is 8.85. The molecule has 0 radical (unpaired) electrons. The molecule has 24 heavy (non-hydrogen) atoms. The van der Waals surface area contributed by atoms with Crippen molar-refractivity contribution in [3.05, 3.63) is 0 Å². The Hall–Kier alpha value is -0.820. The van der Waals surface area contributed by atoms with Crippen LogP contribution < -0.4 is 10.6 Å². The topological polar surface area (TPSA) is 73.8 Å². The molecule has 0 atom stereocenters. The molecule has 6 nitrogen and oxygen atoms in total. The second kappa shape index (κ2) is 10.2. The second-order valence-corrected chi connectivity index (χ2v) is 10.5. The Morgan fingerprint density at radius 1 is 1.04 bits per heavy atom. The largest absolute Gasteiger partial charge is 0.356 e. The molecule has 0 aromatic heterocycles. The predicted molar refractivity (Wildman–Crippen MR) is 104 cm³/mol. The van der Waals surface area contributed by atoms with Crippen LogP contribution in [0.5, 0.6) is 0 Å². The molecule has 7 heteroatoms. The number of aliphatic imine (C=N–C) groups is 1. The van der Waals surface area contributed by atoms with Gasteiger partial charge in [-0.15, -0.1) is 0 Å². The number of nitrogens with zero attached hydrogens (tertiary/aromatic N) is 2. The Kier molecular flexibility index (Phi) is 9.88. The molecule has 0 aliphatic heterocycles. The molecule has 144 valence electrons. The standard InChI is InChI=1S/C17H38N4O2S/c1-14(2)21(15(3)4)12-9-10-19-16(18-8)20-11-13-24(22,23)17(5,6)7/h14-15H,9-13H2,1-8H3,(H2,18,19,20). The van der Waals surface area contributed by atoms with Crippen LogP contribution in [0.15, 0.2) is 4.99 Å². The first kappa shape index (κ1) is 23.2. The van der Waals surface area contributed by atoms with Crippen molar-refractivity contribution in [2.45, 2.75) is 71.7 Å². The summed E-state index contributed by atoms with van der Waals surface area (Å²) in [5, 5.41) is 6.32. The molecule has 0 amide bonds. The fourth-order valence-corrected chi connectivity index (χ4v) is 3.39. The van der Waals surface area contributed by atoms with Crippen molar-refractivity contribution in [3.8, 4) is 0 Å². The van der Waals surface area contributed by atoms with Crippen LogP contribution in [0, 0.1) is 0 Å². The van der Waals surface area contributed by atoms with E-state index in [1.165, 1.54) is 0 Å². The maximum absolute atomic E-state index is 12.1. The zero-order valence-corrected chi connectivity index (χ0v) is 17.6. The highest BCUT2D eigenvalue weighted by atomic mass is 32.2. The van der Waals surface area contributed by atoms with Gasteiger partial charge >= 0.3 is 0 Å². The van der Waals surface area contributed by atoms with Gasteiger partial charge in [0.15, 0.2) is 15.8 Å². The fraction of sp³-hybridized carbons (Fsp3) is 0.941. The van der Waals surface area contributed by atoms with Gasteiger partial charge in [0.1, 0.15) is 0 Å². The highest BCUT2D eigenvalue weighted by Gasteiger charge is 2.28. The first-order chi connectivity index (χ1) is 10.9. The van der Waals surface area contributed by atoms with Crippen LogP contribution in [-0.4, -0.2) is 68.5 Å². The van der Waals surface area contributed by atoms with Crippen LogP contribution in [0.2, 0.25) is 0 Å². The van der Waals surface area contributed by atoms with Crippen molar-refractivity contribution in [2.75, 3.05) is 32.4 Å². The first-order valence-corrected chi connectivity index (χ1v) is 10.5. The van der Waals surface area contributed by atoms with Crippen molar-refractivity contribution >= 4 is 15.8 Å². The summed E-state index contributed by atoms with van der Waals surface area (Å²) in [6.07, 6.45) is 1.01. The summed E-state index contributed by atoms with van der Waals surface area (Å²) in [4.78, 5) is 6.59. The SMILES string of the molecule is CN=C(NCCCN(C(C)C)C(C)C)NCCS(=O)(=O)C(C)(C)C. The predicted octanol–water partition coefficient (Wildman–Crippen LogP) is 1.87. The molecule has 0 aliphatic carbocycles. The van der Waals surface area contributed by atoms with Crippen LogP contribution in [0.4, 0.5) is 0 Å². The van der Waals surface area contributed by atoms with Crippen LogP contribution >= 0.6 is 0 Å². The normalized spacial score (nSPS) is 13.9. The number of hydrogen-bond acceptors (Lipinski definition) is 4. The van der Waals surface area contributed by atoms with Gasteiger partial charge in [0.2, 0.25) is 0 Å². The van der Waals surface area contributed by atoms with Gasteiger partial charge in [0, 0.05) is 38.8 Å². The van der Waals surface area contributed by atoms with Gasteiger partial charge in [0.05, 0.1) is 10.5 Å². The summed E-state index contributed by atoms with van der Waals surface area (Å²) in [5.41, 5.74) is 0. The van der Waals surface area contributed by atoms with Crippen LogP contribution in [0.1, 0.15) is 54.9 Å². The number of hydrogen-bond donors (Lipinski definition) is 2. The van der Waals surface area contributed by atoms with Crippen molar-refractivity contribution < 1.29 is 8.42 Å². The number of nitrogens with one attached hydrogen (secondary N) is 2. The molecule has 0 spiro atoms. The van der Waals surface area contributed by atoms with E-state index in [0.717, 1.165) is 19.5 Å². The minimum absolute atomic E-state index is 0.103. The molecule has 0 heterocycles. The van der Waals surface area contributed by atoms with Gasteiger partial charge in [-0.2, -0.15) is 0 Å². The van der Waals surface area contributed by atoms with Gasteiger partial charge in [-0.05, 0) is 54.9 Å². The third-order valence-corrected chi connectivity index (χ3v) is 6.64. The Morgan fingerprint density at radius 2 is 1.54 bits per heavy atom. The zero-order chi connectivity index (χ0) is 19.0. The van der Waals surface area contributed by atoms with Gasteiger partial charge in [-0.3, -0.25) is 9.89 Å². The summed E-state index contributed by atoms with van der Waals surface area (Å²) < 4.78 is 23.4. The average molecular weight is 363 g/mol. The van der Waals surface area contributed by atoms with E-state index in [4.69, 9.17) is 0 Å². The number of sulfone groups is 1. The minimum atomic E-state index is -3.11. The number of rotatable bonds is 9. The average Bonchev–Trinajstić information content (AvgIpc) is 2.42. The molecule has 0 aromatic rings. The highest BCUT2D eigenvalue weighted by Crippen LogP contribution is 2.15. The molecule has 0 bridgehead atoms. The van der Waals surface area contributed by atoms with E-state index in [0.29, 0.717) is 24.6 Å².